The Morgan fingerprint density at radius 3 is 3.17 bits per heavy atom. The number of aromatic amines is 1. The molecule has 4 heteroatoms. The fraction of sp³-hybridized carbons (Fsp3) is 0.357. The van der Waals surface area contributed by atoms with E-state index in [9.17, 15) is 4.79 Å². The van der Waals surface area contributed by atoms with Crippen molar-refractivity contribution in [3.05, 3.63) is 35.0 Å². The number of carbonyl (C=O) groups excluding carboxylic acids is 1. The number of hydrogen-bond donors (Lipinski definition) is 2. The SMILES string of the molecule is CCOC(=O)c1cc2c3c(ccc2[nH]1)CCNC3. The van der Waals surface area contributed by atoms with Crippen LogP contribution in [0.2, 0.25) is 0 Å². The maximum absolute atomic E-state index is 11.7. The van der Waals surface area contributed by atoms with E-state index in [0.29, 0.717) is 12.3 Å². The quantitative estimate of drug-likeness (QED) is 0.794. The molecule has 0 radical (unpaired) electrons. The van der Waals surface area contributed by atoms with Crippen molar-refractivity contribution in [1.82, 2.24) is 10.3 Å². The molecule has 3 rings (SSSR count). The van der Waals surface area contributed by atoms with Gasteiger partial charge in [0.05, 0.1) is 6.61 Å². The molecule has 0 atom stereocenters. The Hall–Kier alpha value is -1.81. The summed E-state index contributed by atoms with van der Waals surface area (Å²) in [5, 5.41) is 4.49. The Morgan fingerprint density at radius 1 is 1.44 bits per heavy atom. The van der Waals surface area contributed by atoms with Crippen LogP contribution in [0.15, 0.2) is 18.2 Å². The van der Waals surface area contributed by atoms with Crippen LogP contribution in [0.3, 0.4) is 0 Å². The van der Waals surface area contributed by atoms with Crippen molar-refractivity contribution in [2.75, 3.05) is 13.2 Å². The Labute approximate surface area is 105 Å². The molecule has 2 aromatic rings. The summed E-state index contributed by atoms with van der Waals surface area (Å²) in [6, 6.07) is 6.09. The maximum Gasteiger partial charge on any atom is 0.354 e. The van der Waals surface area contributed by atoms with Crippen molar-refractivity contribution in [2.24, 2.45) is 0 Å². The number of aromatic nitrogens is 1. The first kappa shape index (κ1) is 11.3. The highest BCUT2D eigenvalue weighted by molar-refractivity contribution is 5.96. The first-order valence-electron chi connectivity index (χ1n) is 6.31. The summed E-state index contributed by atoms with van der Waals surface area (Å²) in [7, 11) is 0. The van der Waals surface area contributed by atoms with E-state index in [-0.39, 0.29) is 5.97 Å². The summed E-state index contributed by atoms with van der Waals surface area (Å²) in [6.45, 7) is 4.10. The van der Waals surface area contributed by atoms with Crippen molar-refractivity contribution in [2.45, 2.75) is 19.9 Å². The number of rotatable bonds is 2. The lowest BCUT2D eigenvalue weighted by Crippen LogP contribution is -2.23. The van der Waals surface area contributed by atoms with Gasteiger partial charge in [-0.15, -0.1) is 0 Å². The highest BCUT2D eigenvalue weighted by Crippen LogP contribution is 2.25. The molecule has 0 saturated carbocycles. The van der Waals surface area contributed by atoms with Crippen molar-refractivity contribution >= 4 is 16.9 Å². The molecule has 1 aromatic carbocycles. The van der Waals surface area contributed by atoms with Crippen molar-refractivity contribution in [1.29, 1.82) is 0 Å². The average molecular weight is 244 g/mol. The molecule has 4 nitrogen and oxygen atoms in total. The fourth-order valence-electron chi connectivity index (χ4n) is 2.51. The van der Waals surface area contributed by atoms with E-state index in [1.54, 1.807) is 0 Å². The summed E-state index contributed by atoms with van der Waals surface area (Å²) in [5.41, 5.74) is 4.20. The predicted molar refractivity (Wildman–Crippen MR) is 69.7 cm³/mol. The third-order valence-electron chi connectivity index (χ3n) is 3.38. The molecule has 2 N–H and O–H groups in total. The molecular formula is C14H16N2O2. The van der Waals surface area contributed by atoms with E-state index in [2.05, 4.69) is 16.4 Å². The lowest BCUT2D eigenvalue weighted by Gasteiger charge is -2.17. The molecule has 0 unspecified atom stereocenters. The molecular weight excluding hydrogens is 228 g/mol. The summed E-state index contributed by atoms with van der Waals surface area (Å²) >= 11 is 0. The Kier molecular flexibility index (Phi) is 2.80. The number of ether oxygens (including phenoxy) is 1. The zero-order chi connectivity index (χ0) is 12.5. The Bertz CT molecular complexity index is 601. The fourth-order valence-corrected chi connectivity index (χ4v) is 2.51. The normalized spacial score (nSPS) is 14.5. The molecule has 0 amide bonds. The molecule has 0 fully saturated rings. The molecule has 2 heterocycles. The highest BCUT2D eigenvalue weighted by atomic mass is 16.5. The van der Waals surface area contributed by atoms with Crippen LogP contribution in [-0.4, -0.2) is 24.1 Å². The van der Waals surface area contributed by atoms with Crippen molar-refractivity contribution in [3.8, 4) is 0 Å². The van der Waals surface area contributed by atoms with Gasteiger partial charge < -0.3 is 15.0 Å². The smallest absolute Gasteiger partial charge is 0.354 e. The van der Waals surface area contributed by atoms with Crippen LogP contribution in [0.1, 0.15) is 28.5 Å². The van der Waals surface area contributed by atoms with Gasteiger partial charge in [0.15, 0.2) is 0 Å². The third-order valence-corrected chi connectivity index (χ3v) is 3.38. The minimum Gasteiger partial charge on any atom is -0.461 e. The van der Waals surface area contributed by atoms with Gasteiger partial charge in [-0.25, -0.2) is 4.79 Å². The molecule has 1 aromatic heterocycles. The largest absolute Gasteiger partial charge is 0.461 e. The summed E-state index contributed by atoms with van der Waals surface area (Å²) in [4.78, 5) is 14.8. The van der Waals surface area contributed by atoms with Crippen LogP contribution < -0.4 is 5.32 Å². The molecule has 94 valence electrons. The van der Waals surface area contributed by atoms with Crippen molar-refractivity contribution < 1.29 is 9.53 Å². The van der Waals surface area contributed by atoms with Gasteiger partial charge in [0.25, 0.3) is 0 Å². The molecule has 0 aliphatic carbocycles. The lowest BCUT2D eigenvalue weighted by molar-refractivity contribution is 0.0520. The minimum absolute atomic E-state index is 0.286. The van der Waals surface area contributed by atoms with Crippen molar-refractivity contribution in [3.63, 3.8) is 0 Å². The number of nitrogens with one attached hydrogen (secondary N) is 2. The zero-order valence-corrected chi connectivity index (χ0v) is 10.4. The lowest BCUT2D eigenvalue weighted by atomic mass is 9.98. The van der Waals surface area contributed by atoms with Gasteiger partial charge in [-0.05, 0) is 43.1 Å². The maximum atomic E-state index is 11.7. The molecule has 0 saturated heterocycles. The summed E-state index contributed by atoms with van der Waals surface area (Å²) < 4.78 is 5.02. The molecule has 0 spiro atoms. The van der Waals surface area contributed by atoms with Crippen LogP contribution >= 0.6 is 0 Å². The number of carbonyl (C=O) groups is 1. The van der Waals surface area contributed by atoms with Gasteiger partial charge in [-0.1, -0.05) is 6.07 Å². The van der Waals surface area contributed by atoms with Crippen LogP contribution in [0.5, 0.6) is 0 Å². The standard InChI is InChI=1S/C14H16N2O2/c1-2-18-14(17)13-7-10-11-8-15-6-5-9(11)3-4-12(10)16-13/h3-4,7,15-16H,2,5-6,8H2,1H3. The van der Waals surface area contributed by atoms with E-state index in [1.807, 2.05) is 19.1 Å². The summed E-state index contributed by atoms with van der Waals surface area (Å²) in [5.74, 6) is -0.286. The highest BCUT2D eigenvalue weighted by Gasteiger charge is 2.16. The Morgan fingerprint density at radius 2 is 2.33 bits per heavy atom. The van der Waals surface area contributed by atoms with Crippen LogP contribution in [0.4, 0.5) is 0 Å². The molecule has 18 heavy (non-hydrogen) atoms. The monoisotopic (exact) mass is 244 g/mol. The topological polar surface area (TPSA) is 54.1 Å². The van der Waals surface area contributed by atoms with Gasteiger partial charge in [0, 0.05) is 17.4 Å². The van der Waals surface area contributed by atoms with Crippen LogP contribution in [0.25, 0.3) is 10.9 Å². The summed E-state index contributed by atoms with van der Waals surface area (Å²) in [6.07, 6.45) is 1.05. The number of hydrogen-bond acceptors (Lipinski definition) is 3. The Balaban J connectivity index is 2.09. The predicted octanol–water partition coefficient (Wildman–Crippen LogP) is 1.99. The third kappa shape index (κ3) is 1.78. The molecule has 1 aliphatic heterocycles. The first-order chi connectivity index (χ1) is 8.79. The van der Waals surface area contributed by atoms with E-state index in [4.69, 9.17) is 4.74 Å². The van der Waals surface area contributed by atoms with Crippen LogP contribution in [-0.2, 0) is 17.7 Å². The number of esters is 1. The average Bonchev–Trinajstić information content (AvgIpc) is 2.83. The second kappa shape index (κ2) is 4.46. The van der Waals surface area contributed by atoms with Gasteiger partial charge in [0.1, 0.15) is 5.69 Å². The number of fused-ring (bicyclic) bond motifs is 3. The van der Waals surface area contributed by atoms with E-state index < -0.39 is 0 Å². The number of H-pyrrole nitrogens is 1. The number of benzene rings is 1. The van der Waals surface area contributed by atoms with E-state index >= 15 is 0 Å². The van der Waals surface area contributed by atoms with Gasteiger partial charge in [-0.2, -0.15) is 0 Å². The van der Waals surface area contributed by atoms with Crippen LogP contribution in [0, 0.1) is 0 Å². The molecule has 1 aliphatic rings. The van der Waals surface area contributed by atoms with E-state index in [1.165, 1.54) is 11.1 Å². The first-order valence-corrected chi connectivity index (χ1v) is 6.31. The zero-order valence-electron chi connectivity index (χ0n) is 10.4. The second-order valence-corrected chi connectivity index (χ2v) is 4.49. The van der Waals surface area contributed by atoms with Gasteiger partial charge in [0.2, 0.25) is 0 Å². The van der Waals surface area contributed by atoms with Gasteiger partial charge >= 0.3 is 5.97 Å². The molecule has 0 bridgehead atoms. The second-order valence-electron chi connectivity index (χ2n) is 4.49. The van der Waals surface area contributed by atoms with E-state index in [0.717, 1.165) is 30.4 Å². The van der Waals surface area contributed by atoms with Gasteiger partial charge in [-0.3, -0.25) is 0 Å². The minimum atomic E-state index is -0.286.